The van der Waals surface area contributed by atoms with Gasteiger partial charge in [-0.05, 0) is 28.9 Å². The first kappa shape index (κ1) is 11.8. The van der Waals surface area contributed by atoms with Crippen molar-refractivity contribution in [1.82, 2.24) is 4.90 Å². The average molecular weight is 276 g/mol. The first-order valence-corrected chi connectivity index (χ1v) is 4.94. The monoisotopic (exact) mass is 275 g/mol. The van der Waals surface area contributed by atoms with Crippen molar-refractivity contribution in [1.29, 1.82) is 0 Å². The van der Waals surface area contributed by atoms with Crippen molar-refractivity contribution >= 4 is 27.8 Å². The van der Waals surface area contributed by atoms with Crippen molar-refractivity contribution < 1.29 is 19.1 Å². The van der Waals surface area contributed by atoms with Gasteiger partial charge in [0.2, 0.25) is 0 Å². The number of halogens is 1. The van der Waals surface area contributed by atoms with Gasteiger partial charge in [-0.2, -0.15) is 0 Å². The summed E-state index contributed by atoms with van der Waals surface area (Å²) in [7, 11) is 1.41. The van der Waals surface area contributed by atoms with Crippen LogP contribution in [-0.4, -0.2) is 35.5 Å². The van der Waals surface area contributed by atoms with Gasteiger partial charge in [0, 0.05) is 12.6 Å². The normalized spacial score (nSPS) is 10.1. The van der Waals surface area contributed by atoms with Crippen molar-refractivity contribution in [2.24, 2.45) is 0 Å². The molecule has 1 aromatic rings. The Bertz CT molecular complexity index is 399. The zero-order valence-corrected chi connectivity index (χ0v) is 9.87. The van der Waals surface area contributed by atoms with Gasteiger partial charge in [-0.25, -0.2) is 0 Å². The summed E-state index contributed by atoms with van der Waals surface area (Å²) >= 11 is 3.10. The molecule has 0 aliphatic rings. The predicted molar refractivity (Wildman–Crippen MR) is 55.7 cm³/mol. The fraction of sp³-hybridized carbons (Fsp3) is 0.333. The van der Waals surface area contributed by atoms with Gasteiger partial charge < -0.3 is 14.4 Å². The number of hydrogen-bond acceptors (Lipinski definition) is 3. The number of amides is 1. The fourth-order valence-corrected chi connectivity index (χ4v) is 1.61. The summed E-state index contributed by atoms with van der Waals surface area (Å²) in [6, 6.07) is 1.65. The highest BCUT2D eigenvalue weighted by Gasteiger charge is 2.20. The van der Waals surface area contributed by atoms with Gasteiger partial charge in [0.1, 0.15) is 6.54 Å². The fourth-order valence-electron chi connectivity index (χ4n) is 1.10. The molecule has 15 heavy (non-hydrogen) atoms. The van der Waals surface area contributed by atoms with Gasteiger partial charge in [0.05, 0.1) is 0 Å². The number of nitrogens with zero attached hydrogens (tertiary/aromatic N) is 1. The molecule has 0 aliphatic heterocycles. The van der Waals surface area contributed by atoms with Crippen LogP contribution in [0.15, 0.2) is 15.2 Å². The van der Waals surface area contributed by atoms with Crippen LogP contribution in [0.4, 0.5) is 0 Å². The van der Waals surface area contributed by atoms with E-state index < -0.39 is 11.9 Å². The second-order valence-corrected chi connectivity index (χ2v) is 3.90. The maximum Gasteiger partial charge on any atom is 0.323 e. The molecular formula is C9H10BrNO4. The third-order valence-electron chi connectivity index (χ3n) is 1.80. The van der Waals surface area contributed by atoms with Crippen molar-refractivity contribution in [2.75, 3.05) is 13.6 Å². The van der Waals surface area contributed by atoms with Gasteiger partial charge in [0.25, 0.3) is 5.91 Å². The lowest BCUT2D eigenvalue weighted by Gasteiger charge is -2.12. The minimum Gasteiger partial charge on any atom is -0.480 e. The van der Waals surface area contributed by atoms with Gasteiger partial charge in [0.15, 0.2) is 10.4 Å². The lowest BCUT2D eigenvalue weighted by atomic mass is 10.2. The maximum absolute atomic E-state index is 11.7. The summed E-state index contributed by atoms with van der Waals surface area (Å²) in [6.45, 7) is 1.37. The molecule has 0 saturated carbocycles. The molecular weight excluding hydrogens is 266 g/mol. The van der Waals surface area contributed by atoms with E-state index in [0.29, 0.717) is 10.2 Å². The lowest BCUT2D eigenvalue weighted by molar-refractivity contribution is -0.137. The van der Waals surface area contributed by atoms with Crippen molar-refractivity contribution in [3.63, 3.8) is 0 Å². The molecule has 0 radical (unpaired) electrons. The van der Waals surface area contributed by atoms with E-state index in [2.05, 4.69) is 15.9 Å². The molecule has 1 rings (SSSR count). The van der Waals surface area contributed by atoms with Gasteiger partial charge >= 0.3 is 5.97 Å². The number of rotatable bonds is 3. The molecule has 0 unspecified atom stereocenters. The molecule has 82 valence electrons. The standard InChI is InChI=1S/C9H10BrNO4/c1-5-3-6(10)15-8(5)9(14)11(2)4-7(12)13/h3H,4H2,1-2H3,(H,12,13). The number of aryl methyl sites for hydroxylation is 1. The number of carboxylic acid groups (broad SMARTS) is 1. The number of carboxylic acids is 1. The quantitative estimate of drug-likeness (QED) is 0.908. The highest BCUT2D eigenvalue weighted by Crippen LogP contribution is 2.20. The maximum atomic E-state index is 11.7. The number of furan rings is 1. The summed E-state index contributed by atoms with van der Waals surface area (Å²) in [6.07, 6.45) is 0. The number of carbonyl (C=O) groups excluding carboxylic acids is 1. The van der Waals surface area contributed by atoms with Crippen LogP contribution in [0.2, 0.25) is 0 Å². The van der Waals surface area contributed by atoms with Crippen LogP contribution >= 0.6 is 15.9 Å². The molecule has 0 bridgehead atoms. The van der Waals surface area contributed by atoms with E-state index in [0.717, 1.165) is 4.90 Å². The number of carbonyl (C=O) groups is 2. The van der Waals surface area contributed by atoms with Crippen LogP contribution in [0.3, 0.4) is 0 Å². The van der Waals surface area contributed by atoms with Gasteiger partial charge in [-0.15, -0.1) is 0 Å². The summed E-state index contributed by atoms with van der Waals surface area (Å²) in [5.74, 6) is -1.35. The van der Waals surface area contributed by atoms with Crippen molar-refractivity contribution in [3.05, 3.63) is 22.1 Å². The highest BCUT2D eigenvalue weighted by molar-refractivity contribution is 9.10. The Labute approximate surface area is 94.8 Å². The Morgan fingerprint density at radius 3 is 2.60 bits per heavy atom. The zero-order chi connectivity index (χ0) is 11.6. The molecule has 0 aliphatic carbocycles. The Morgan fingerprint density at radius 2 is 2.20 bits per heavy atom. The molecule has 0 atom stereocenters. The largest absolute Gasteiger partial charge is 0.480 e. The summed E-state index contributed by atoms with van der Waals surface area (Å²) in [5.41, 5.74) is 0.670. The molecule has 5 nitrogen and oxygen atoms in total. The van der Waals surface area contributed by atoms with E-state index >= 15 is 0 Å². The zero-order valence-electron chi connectivity index (χ0n) is 8.28. The lowest BCUT2D eigenvalue weighted by Crippen LogP contribution is -2.32. The second kappa shape index (κ2) is 4.48. The minimum atomic E-state index is -1.06. The Kier molecular flexibility index (Phi) is 3.52. The van der Waals surface area contributed by atoms with Crippen molar-refractivity contribution in [2.45, 2.75) is 6.92 Å². The van der Waals surface area contributed by atoms with Crippen LogP contribution in [0.5, 0.6) is 0 Å². The smallest absolute Gasteiger partial charge is 0.323 e. The third-order valence-corrected chi connectivity index (χ3v) is 2.19. The summed E-state index contributed by atoms with van der Waals surface area (Å²) in [5, 5.41) is 8.52. The van der Waals surface area contributed by atoms with E-state index in [-0.39, 0.29) is 12.3 Å². The Balaban J connectivity index is 2.84. The van der Waals surface area contributed by atoms with Crippen LogP contribution in [0, 0.1) is 6.92 Å². The molecule has 6 heteroatoms. The Morgan fingerprint density at radius 1 is 1.60 bits per heavy atom. The van der Waals surface area contributed by atoms with Crippen LogP contribution in [-0.2, 0) is 4.79 Å². The van der Waals surface area contributed by atoms with Crippen LogP contribution in [0.1, 0.15) is 16.1 Å². The molecule has 0 fully saturated rings. The van der Waals surface area contributed by atoms with Gasteiger partial charge in [-0.1, -0.05) is 0 Å². The average Bonchev–Trinajstić information content (AvgIpc) is 2.42. The number of aliphatic carboxylic acids is 1. The van der Waals surface area contributed by atoms with E-state index in [9.17, 15) is 9.59 Å². The number of hydrogen-bond donors (Lipinski definition) is 1. The first-order chi connectivity index (χ1) is 6.91. The first-order valence-electron chi connectivity index (χ1n) is 4.15. The third kappa shape index (κ3) is 2.82. The van der Waals surface area contributed by atoms with Crippen molar-refractivity contribution in [3.8, 4) is 0 Å². The second-order valence-electron chi connectivity index (χ2n) is 3.12. The molecule has 1 aromatic heterocycles. The summed E-state index contributed by atoms with van der Waals surface area (Å²) < 4.78 is 5.56. The summed E-state index contributed by atoms with van der Waals surface area (Å²) in [4.78, 5) is 23.1. The van der Waals surface area contributed by atoms with E-state index in [1.54, 1.807) is 13.0 Å². The molecule has 1 amide bonds. The molecule has 0 saturated heterocycles. The van der Waals surface area contributed by atoms with Crippen LogP contribution in [0.25, 0.3) is 0 Å². The predicted octanol–water partition coefficient (Wildman–Crippen LogP) is 1.51. The highest BCUT2D eigenvalue weighted by atomic mass is 79.9. The molecule has 0 spiro atoms. The molecule has 0 aromatic carbocycles. The van der Waals surface area contributed by atoms with E-state index in [1.807, 2.05) is 0 Å². The van der Waals surface area contributed by atoms with Crippen LogP contribution < -0.4 is 0 Å². The Hall–Kier alpha value is -1.30. The molecule has 1 N–H and O–H groups in total. The topological polar surface area (TPSA) is 70.8 Å². The van der Waals surface area contributed by atoms with E-state index in [1.165, 1.54) is 7.05 Å². The molecule has 1 heterocycles. The minimum absolute atomic E-state index is 0.158. The SMILES string of the molecule is Cc1cc(Br)oc1C(=O)N(C)CC(=O)O. The van der Waals surface area contributed by atoms with Gasteiger partial charge in [-0.3, -0.25) is 9.59 Å². The number of likely N-dealkylation sites (N-methyl/N-ethyl adjacent to an activating group) is 1. The van der Waals surface area contributed by atoms with E-state index in [4.69, 9.17) is 9.52 Å².